The normalized spacial score (nSPS) is 12.0. The average molecular weight is 378 g/mol. The predicted octanol–water partition coefficient (Wildman–Crippen LogP) is 2.40. The van der Waals surface area contributed by atoms with Crippen LogP contribution in [0.5, 0.6) is 5.75 Å². The molecule has 0 aliphatic carbocycles. The van der Waals surface area contributed by atoms with E-state index in [2.05, 4.69) is 21.2 Å². The van der Waals surface area contributed by atoms with Crippen LogP contribution in [0.2, 0.25) is 0 Å². The van der Waals surface area contributed by atoms with Crippen LogP contribution in [0.15, 0.2) is 22.7 Å². The number of hydrogen-bond donors (Lipinski definition) is 1. The fourth-order valence-electron chi connectivity index (χ4n) is 1.51. The molecular formula is C14H20BrNO4S. The van der Waals surface area contributed by atoms with Crippen molar-refractivity contribution in [3.63, 3.8) is 0 Å². The van der Waals surface area contributed by atoms with E-state index >= 15 is 0 Å². The summed E-state index contributed by atoms with van der Waals surface area (Å²) >= 11 is 3.29. The van der Waals surface area contributed by atoms with Gasteiger partial charge in [0.15, 0.2) is 9.84 Å². The first-order valence-electron chi connectivity index (χ1n) is 6.42. The summed E-state index contributed by atoms with van der Waals surface area (Å²) in [5.74, 6) is 0.125. The number of nitrogens with one attached hydrogen (secondary N) is 1. The van der Waals surface area contributed by atoms with Gasteiger partial charge in [0.1, 0.15) is 5.75 Å². The summed E-state index contributed by atoms with van der Waals surface area (Å²) in [7, 11) is -1.73. The molecule has 0 aliphatic heterocycles. The van der Waals surface area contributed by atoms with E-state index < -0.39 is 14.6 Å². The van der Waals surface area contributed by atoms with Gasteiger partial charge in [-0.05, 0) is 54.9 Å². The van der Waals surface area contributed by atoms with Crippen LogP contribution >= 0.6 is 15.9 Å². The van der Waals surface area contributed by atoms with Gasteiger partial charge in [-0.3, -0.25) is 4.79 Å². The summed E-state index contributed by atoms with van der Waals surface area (Å²) in [4.78, 5) is 12.1. The highest BCUT2D eigenvalue weighted by molar-refractivity contribution is 9.10. The van der Waals surface area contributed by atoms with E-state index in [-0.39, 0.29) is 18.2 Å². The number of carbonyl (C=O) groups excluding carboxylic acids is 1. The van der Waals surface area contributed by atoms with E-state index in [0.29, 0.717) is 15.8 Å². The minimum atomic E-state index is -3.25. The van der Waals surface area contributed by atoms with Crippen molar-refractivity contribution in [2.45, 2.75) is 25.5 Å². The number of methoxy groups -OCH3 is 1. The van der Waals surface area contributed by atoms with E-state index in [4.69, 9.17) is 4.74 Å². The molecule has 1 N–H and O–H groups in total. The van der Waals surface area contributed by atoms with Gasteiger partial charge < -0.3 is 10.1 Å². The van der Waals surface area contributed by atoms with Crippen molar-refractivity contribution in [2.24, 2.45) is 0 Å². The molecule has 0 radical (unpaired) electrons. The first-order valence-corrected chi connectivity index (χ1v) is 8.87. The van der Waals surface area contributed by atoms with Crippen molar-refractivity contribution >= 4 is 31.7 Å². The van der Waals surface area contributed by atoms with Gasteiger partial charge in [0.25, 0.3) is 5.91 Å². The highest BCUT2D eigenvalue weighted by Crippen LogP contribution is 2.22. The molecule has 1 aromatic rings. The Balaban J connectivity index is 2.72. The first kappa shape index (κ1) is 18.0. The Morgan fingerprint density at radius 3 is 2.48 bits per heavy atom. The second-order valence-corrected chi connectivity index (χ2v) is 9.25. The molecule has 0 unspecified atom stereocenters. The zero-order valence-electron chi connectivity index (χ0n) is 12.6. The number of carbonyl (C=O) groups is 1. The molecular weight excluding hydrogens is 358 g/mol. The molecule has 0 saturated heterocycles. The Morgan fingerprint density at radius 2 is 1.95 bits per heavy atom. The molecule has 21 heavy (non-hydrogen) atoms. The standard InChI is InChI=1S/C14H20BrNO4S/c1-14(2,3)21(18,19)8-7-16-13(17)11-9-10(20-4)5-6-12(11)15/h5-6,9H,7-8H2,1-4H3,(H,16,17). The molecule has 1 rings (SSSR count). The fraction of sp³-hybridized carbons (Fsp3) is 0.500. The Labute approximate surface area is 134 Å². The third-order valence-corrected chi connectivity index (χ3v) is 6.31. The summed E-state index contributed by atoms with van der Waals surface area (Å²) < 4.78 is 28.8. The van der Waals surface area contributed by atoms with Crippen molar-refractivity contribution in [3.05, 3.63) is 28.2 Å². The molecule has 0 bridgehead atoms. The van der Waals surface area contributed by atoms with Gasteiger partial charge >= 0.3 is 0 Å². The van der Waals surface area contributed by atoms with Gasteiger partial charge in [0.2, 0.25) is 0 Å². The summed E-state index contributed by atoms with van der Waals surface area (Å²) in [6.45, 7) is 5.00. The molecule has 0 saturated carbocycles. The van der Waals surface area contributed by atoms with E-state index in [1.807, 2.05) is 0 Å². The summed E-state index contributed by atoms with van der Waals surface area (Å²) in [6.07, 6.45) is 0. The SMILES string of the molecule is COc1ccc(Br)c(C(=O)NCCS(=O)(=O)C(C)(C)C)c1. The van der Waals surface area contributed by atoms with Crippen molar-refractivity contribution in [2.75, 3.05) is 19.4 Å². The van der Waals surface area contributed by atoms with Crippen molar-refractivity contribution < 1.29 is 17.9 Å². The van der Waals surface area contributed by atoms with E-state index in [1.165, 1.54) is 7.11 Å². The highest BCUT2D eigenvalue weighted by atomic mass is 79.9. The van der Waals surface area contributed by atoms with Gasteiger partial charge in [0, 0.05) is 11.0 Å². The van der Waals surface area contributed by atoms with Crippen LogP contribution in [0.1, 0.15) is 31.1 Å². The van der Waals surface area contributed by atoms with E-state index in [1.54, 1.807) is 39.0 Å². The molecule has 0 aromatic heterocycles. The number of halogens is 1. The predicted molar refractivity (Wildman–Crippen MR) is 86.6 cm³/mol. The van der Waals surface area contributed by atoms with Gasteiger partial charge in [-0.1, -0.05) is 0 Å². The fourth-order valence-corrected chi connectivity index (χ4v) is 2.92. The number of ether oxygens (including phenoxy) is 1. The van der Waals surface area contributed by atoms with Crippen LogP contribution in [0.3, 0.4) is 0 Å². The average Bonchev–Trinajstić information content (AvgIpc) is 2.37. The number of amides is 1. The Kier molecular flexibility index (Phi) is 5.81. The topological polar surface area (TPSA) is 72.5 Å². The summed E-state index contributed by atoms with van der Waals surface area (Å²) in [5, 5.41) is 2.62. The van der Waals surface area contributed by atoms with Gasteiger partial charge in [-0.15, -0.1) is 0 Å². The van der Waals surface area contributed by atoms with E-state index in [0.717, 1.165) is 0 Å². The molecule has 118 valence electrons. The van der Waals surface area contributed by atoms with Crippen molar-refractivity contribution in [1.82, 2.24) is 5.32 Å². The van der Waals surface area contributed by atoms with Crippen LogP contribution < -0.4 is 10.1 Å². The number of rotatable bonds is 5. The highest BCUT2D eigenvalue weighted by Gasteiger charge is 2.28. The lowest BCUT2D eigenvalue weighted by Gasteiger charge is -2.19. The monoisotopic (exact) mass is 377 g/mol. The van der Waals surface area contributed by atoms with Crippen LogP contribution in [-0.4, -0.2) is 38.5 Å². The third kappa shape index (κ3) is 4.71. The Hall–Kier alpha value is -1.08. The molecule has 0 heterocycles. The zero-order chi connectivity index (χ0) is 16.3. The molecule has 1 amide bonds. The number of hydrogen-bond acceptors (Lipinski definition) is 4. The lowest BCUT2D eigenvalue weighted by atomic mass is 10.2. The first-order chi connectivity index (χ1) is 9.58. The van der Waals surface area contributed by atoms with Gasteiger partial charge in [-0.2, -0.15) is 0 Å². The Bertz CT molecular complexity index is 620. The van der Waals surface area contributed by atoms with Gasteiger partial charge in [0.05, 0.1) is 23.2 Å². The van der Waals surface area contributed by atoms with Crippen LogP contribution in [0.4, 0.5) is 0 Å². The quantitative estimate of drug-likeness (QED) is 0.854. The Morgan fingerprint density at radius 1 is 1.33 bits per heavy atom. The second-order valence-electron chi connectivity index (χ2n) is 5.53. The zero-order valence-corrected chi connectivity index (χ0v) is 15.0. The maximum atomic E-state index is 12.1. The summed E-state index contributed by atoms with van der Waals surface area (Å²) in [6, 6.07) is 5.03. The second kappa shape index (κ2) is 6.79. The number of sulfone groups is 1. The smallest absolute Gasteiger partial charge is 0.252 e. The van der Waals surface area contributed by atoms with Crippen LogP contribution in [0, 0.1) is 0 Å². The number of benzene rings is 1. The lowest BCUT2D eigenvalue weighted by Crippen LogP contribution is -2.36. The van der Waals surface area contributed by atoms with Crippen LogP contribution in [0.25, 0.3) is 0 Å². The molecule has 0 spiro atoms. The molecule has 7 heteroatoms. The molecule has 1 aromatic carbocycles. The lowest BCUT2D eigenvalue weighted by molar-refractivity contribution is 0.0955. The molecule has 0 fully saturated rings. The van der Waals surface area contributed by atoms with E-state index in [9.17, 15) is 13.2 Å². The van der Waals surface area contributed by atoms with Crippen molar-refractivity contribution in [1.29, 1.82) is 0 Å². The largest absolute Gasteiger partial charge is 0.497 e. The minimum Gasteiger partial charge on any atom is -0.497 e. The van der Waals surface area contributed by atoms with Gasteiger partial charge in [-0.25, -0.2) is 8.42 Å². The molecule has 0 atom stereocenters. The minimum absolute atomic E-state index is 0.0715. The maximum Gasteiger partial charge on any atom is 0.252 e. The molecule has 0 aliphatic rings. The molecule has 5 nitrogen and oxygen atoms in total. The van der Waals surface area contributed by atoms with Crippen molar-refractivity contribution in [3.8, 4) is 5.75 Å². The summed E-state index contributed by atoms with van der Waals surface area (Å²) in [5.41, 5.74) is 0.405. The van der Waals surface area contributed by atoms with Crippen LogP contribution in [-0.2, 0) is 9.84 Å². The third-order valence-electron chi connectivity index (χ3n) is 3.01. The maximum absolute atomic E-state index is 12.1.